The van der Waals surface area contributed by atoms with Crippen molar-refractivity contribution in [2.24, 2.45) is 5.92 Å². The molecule has 134 valence electrons. The first-order chi connectivity index (χ1) is 11.5. The van der Waals surface area contributed by atoms with Crippen LogP contribution in [0.1, 0.15) is 39.2 Å². The summed E-state index contributed by atoms with van der Waals surface area (Å²) in [5, 5.41) is 0. The van der Waals surface area contributed by atoms with Crippen LogP contribution >= 0.6 is 0 Å². The number of carbonyl (C=O) groups is 2. The number of methoxy groups -OCH3 is 1. The number of esters is 1. The lowest BCUT2D eigenvalue weighted by molar-refractivity contribution is -0.142. The molecule has 0 N–H and O–H groups in total. The average molecular weight is 335 g/mol. The lowest BCUT2D eigenvalue weighted by Crippen LogP contribution is -2.37. The number of hydrogen-bond donors (Lipinski definition) is 0. The fourth-order valence-corrected chi connectivity index (χ4v) is 2.16. The summed E-state index contributed by atoms with van der Waals surface area (Å²) in [7, 11) is 1.35. The Labute approximate surface area is 144 Å². The van der Waals surface area contributed by atoms with Gasteiger partial charge in [-0.05, 0) is 36.5 Å². The molecule has 24 heavy (non-hydrogen) atoms. The van der Waals surface area contributed by atoms with Crippen LogP contribution in [0, 0.1) is 5.92 Å². The molecule has 0 saturated heterocycles. The molecular formula is C19H29NO4. The number of nitrogens with zero attached hydrogens (tertiary/aromatic N) is 1. The van der Waals surface area contributed by atoms with E-state index >= 15 is 0 Å². The molecule has 0 unspecified atom stereocenters. The second-order valence-corrected chi connectivity index (χ2v) is 6.18. The summed E-state index contributed by atoms with van der Waals surface area (Å²) in [6, 6.07) is 7.74. The van der Waals surface area contributed by atoms with E-state index in [0.717, 1.165) is 12.8 Å². The molecule has 5 nitrogen and oxygen atoms in total. The van der Waals surface area contributed by atoms with Crippen LogP contribution in [0.2, 0.25) is 0 Å². The maximum absolute atomic E-state index is 12.4. The fourth-order valence-electron chi connectivity index (χ4n) is 2.16. The van der Waals surface area contributed by atoms with Crippen molar-refractivity contribution in [3.63, 3.8) is 0 Å². The van der Waals surface area contributed by atoms with Crippen molar-refractivity contribution < 1.29 is 19.1 Å². The fraction of sp³-hybridized carbons (Fsp3) is 0.579. The molecule has 0 bridgehead atoms. The largest absolute Gasteiger partial charge is 0.484 e. The Morgan fingerprint density at radius 3 is 2.33 bits per heavy atom. The zero-order valence-electron chi connectivity index (χ0n) is 15.2. The first-order valence-corrected chi connectivity index (χ1v) is 8.52. The van der Waals surface area contributed by atoms with Crippen molar-refractivity contribution in [3.8, 4) is 5.75 Å². The van der Waals surface area contributed by atoms with Crippen LogP contribution in [-0.4, -0.2) is 43.6 Å². The molecule has 1 amide bonds. The number of ether oxygens (including phenoxy) is 2. The predicted octanol–water partition coefficient (Wildman–Crippen LogP) is 3.07. The van der Waals surface area contributed by atoms with Crippen LogP contribution in [-0.2, 0) is 20.7 Å². The first-order valence-electron chi connectivity index (χ1n) is 8.52. The molecule has 0 saturated carbocycles. The zero-order valence-corrected chi connectivity index (χ0v) is 15.2. The van der Waals surface area contributed by atoms with Gasteiger partial charge in [0.1, 0.15) is 5.75 Å². The first kappa shape index (κ1) is 20.0. The van der Waals surface area contributed by atoms with Gasteiger partial charge in [-0.3, -0.25) is 9.59 Å². The van der Waals surface area contributed by atoms with Gasteiger partial charge in [0.25, 0.3) is 5.91 Å². The summed E-state index contributed by atoms with van der Waals surface area (Å²) >= 11 is 0. The van der Waals surface area contributed by atoms with Gasteiger partial charge in [0.2, 0.25) is 0 Å². The third kappa shape index (κ3) is 7.49. The van der Waals surface area contributed by atoms with Crippen LogP contribution < -0.4 is 4.74 Å². The van der Waals surface area contributed by atoms with Crippen LogP contribution in [0.3, 0.4) is 0 Å². The van der Waals surface area contributed by atoms with E-state index in [1.54, 1.807) is 4.90 Å². The molecule has 0 spiro atoms. The van der Waals surface area contributed by atoms with Gasteiger partial charge in [0.15, 0.2) is 6.61 Å². The van der Waals surface area contributed by atoms with Gasteiger partial charge in [-0.15, -0.1) is 0 Å². The Morgan fingerprint density at radius 2 is 1.79 bits per heavy atom. The van der Waals surface area contributed by atoms with Crippen LogP contribution in [0.25, 0.3) is 0 Å². The van der Waals surface area contributed by atoms with Crippen LogP contribution in [0.4, 0.5) is 0 Å². The summed E-state index contributed by atoms with van der Waals surface area (Å²) < 4.78 is 10.2. The molecule has 0 radical (unpaired) electrons. The maximum atomic E-state index is 12.4. The van der Waals surface area contributed by atoms with Crippen LogP contribution in [0.5, 0.6) is 5.75 Å². The number of aryl methyl sites for hydroxylation is 1. The predicted molar refractivity (Wildman–Crippen MR) is 94.0 cm³/mol. The minimum Gasteiger partial charge on any atom is -0.484 e. The van der Waals surface area contributed by atoms with E-state index in [0.29, 0.717) is 24.8 Å². The molecule has 1 aromatic rings. The smallest absolute Gasteiger partial charge is 0.307 e. The third-order valence-electron chi connectivity index (χ3n) is 3.84. The minimum absolute atomic E-state index is 0.0231. The minimum atomic E-state index is -0.312. The van der Waals surface area contributed by atoms with Gasteiger partial charge < -0.3 is 14.4 Å². The van der Waals surface area contributed by atoms with E-state index in [1.165, 1.54) is 12.7 Å². The van der Waals surface area contributed by atoms with Crippen molar-refractivity contribution in [1.29, 1.82) is 0 Å². The SMILES string of the molecule is CCc1ccc(OCC(=O)N(CCC(=O)OC)CCC(C)C)cc1. The molecule has 0 fully saturated rings. The standard InChI is InChI=1S/C19H29NO4/c1-5-16-6-8-17(9-7-16)24-14-18(21)20(12-10-15(2)3)13-11-19(22)23-4/h6-9,15H,5,10-14H2,1-4H3. The summed E-state index contributed by atoms with van der Waals surface area (Å²) in [5.41, 5.74) is 1.23. The van der Waals surface area contributed by atoms with Gasteiger partial charge in [-0.25, -0.2) is 0 Å². The Bertz CT molecular complexity index is 511. The van der Waals surface area contributed by atoms with E-state index in [-0.39, 0.29) is 24.9 Å². The topological polar surface area (TPSA) is 55.8 Å². The lowest BCUT2D eigenvalue weighted by atomic mass is 10.1. The number of benzene rings is 1. The normalized spacial score (nSPS) is 10.5. The highest BCUT2D eigenvalue weighted by Gasteiger charge is 2.16. The monoisotopic (exact) mass is 335 g/mol. The molecule has 0 heterocycles. The van der Waals surface area contributed by atoms with E-state index in [1.807, 2.05) is 24.3 Å². The molecule has 0 atom stereocenters. The third-order valence-corrected chi connectivity index (χ3v) is 3.84. The van der Waals surface area contributed by atoms with Gasteiger partial charge in [-0.2, -0.15) is 0 Å². The number of hydrogen-bond acceptors (Lipinski definition) is 4. The van der Waals surface area contributed by atoms with Gasteiger partial charge in [0.05, 0.1) is 13.5 Å². The Kier molecular flexibility index (Phi) is 8.90. The van der Waals surface area contributed by atoms with E-state index < -0.39 is 0 Å². The van der Waals surface area contributed by atoms with Gasteiger partial charge in [-0.1, -0.05) is 32.9 Å². The van der Waals surface area contributed by atoms with Gasteiger partial charge >= 0.3 is 5.97 Å². The highest BCUT2D eigenvalue weighted by atomic mass is 16.5. The summed E-state index contributed by atoms with van der Waals surface area (Å²) in [6.45, 7) is 7.25. The van der Waals surface area contributed by atoms with E-state index in [9.17, 15) is 9.59 Å². The Balaban J connectivity index is 2.55. The molecule has 5 heteroatoms. The summed E-state index contributed by atoms with van der Waals surface area (Å²) in [4.78, 5) is 25.4. The molecule has 1 rings (SSSR count). The Morgan fingerprint density at radius 1 is 1.12 bits per heavy atom. The van der Waals surface area contributed by atoms with E-state index in [4.69, 9.17) is 4.74 Å². The number of amides is 1. The van der Waals surface area contributed by atoms with Gasteiger partial charge in [0, 0.05) is 13.1 Å². The van der Waals surface area contributed by atoms with Crippen molar-refractivity contribution in [2.45, 2.75) is 40.0 Å². The Hall–Kier alpha value is -2.04. The molecule has 0 aliphatic carbocycles. The van der Waals surface area contributed by atoms with Crippen molar-refractivity contribution >= 4 is 11.9 Å². The zero-order chi connectivity index (χ0) is 17.9. The van der Waals surface area contributed by atoms with Crippen LogP contribution in [0.15, 0.2) is 24.3 Å². The highest BCUT2D eigenvalue weighted by Crippen LogP contribution is 2.13. The number of carbonyl (C=O) groups excluding carboxylic acids is 2. The molecule has 0 aliphatic rings. The van der Waals surface area contributed by atoms with E-state index in [2.05, 4.69) is 25.5 Å². The molecular weight excluding hydrogens is 306 g/mol. The second kappa shape index (κ2) is 10.7. The summed E-state index contributed by atoms with van der Waals surface area (Å²) in [6.07, 6.45) is 2.05. The highest BCUT2D eigenvalue weighted by molar-refractivity contribution is 5.78. The van der Waals surface area contributed by atoms with Crippen molar-refractivity contribution in [3.05, 3.63) is 29.8 Å². The molecule has 0 aromatic heterocycles. The second-order valence-electron chi connectivity index (χ2n) is 6.18. The summed E-state index contributed by atoms with van der Waals surface area (Å²) in [5.74, 6) is 0.741. The quantitative estimate of drug-likeness (QED) is 0.617. The lowest BCUT2D eigenvalue weighted by Gasteiger charge is -2.23. The average Bonchev–Trinajstić information content (AvgIpc) is 2.59. The maximum Gasteiger partial charge on any atom is 0.307 e. The molecule has 0 aliphatic heterocycles. The molecule has 1 aromatic carbocycles. The van der Waals surface area contributed by atoms with Crippen molar-refractivity contribution in [2.75, 3.05) is 26.8 Å². The van der Waals surface area contributed by atoms with Crippen molar-refractivity contribution in [1.82, 2.24) is 4.90 Å². The number of rotatable bonds is 10.